The van der Waals surface area contributed by atoms with Gasteiger partial charge in [0.2, 0.25) is 0 Å². The summed E-state index contributed by atoms with van der Waals surface area (Å²) in [7, 11) is 1.54. The Kier molecular flexibility index (Phi) is 7.68. The smallest absolute Gasteiger partial charge is 0.295 e. The largest absolute Gasteiger partial charge is 0.507 e. The molecular formula is C32H28N2O5. The van der Waals surface area contributed by atoms with Gasteiger partial charge in [0.1, 0.15) is 12.4 Å². The van der Waals surface area contributed by atoms with Crippen LogP contribution in [0.4, 0.5) is 0 Å². The van der Waals surface area contributed by atoms with Crippen LogP contribution < -0.4 is 9.47 Å². The number of aromatic nitrogens is 1. The second-order valence-corrected chi connectivity index (χ2v) is 9.15. The summed E-state index contributed by atoms with van der Waals surface area (Å²) < 4.78 is 11.6. The van der Waals surface area contributed by atoms with Gasteiger partial charge in [0, 0.05) is 24.5 Å². The zero-order valence-electron chi connectivity index (χ0n) is 21.5. The minimum absolute atomic E-state index is 0.0271. The maximum absolute atomic E-state index is 13.3. The van der Waals surface area contributed by atoms with Crippen LogP contribution >= 0.6 is 0 Å². The van der Waals surface area contributed by atoms with E-state index in [4.69, 9.17) is 9.47 Å². The van der Waals surface area contributed by atoms with Gasteiger partial charge in [0.15, 0.2) is 11.5 Å². The average Bonchev–Trinajstić information content (AvgIpc) is 3.25. The van der Waals surface area contributed by atoms with E-state index < -0.39 is 17.7 Å². The van der Waals surface area contributed by atoms with Gasteiger partial charge >= 0.3 is 0 Å². The van der Waals surface area contributed by atoms with E-state index in [0.29, 0.717) is 42.2 Å². The summed E-state index contributed by atoms with van der Waals surface area (Å²) in [4.78, 5) is 32.1. The van der Waals surface area contributed by atoms with Crippen LogP contribution in [-0.4, -0.2) is 40.3 Å². The number of amides is 1. The zero-order chi connectivity index (χ0) is 27.2. The maximum atomic E-state index is 13.3. The molecule has 7 nitrogen and oxygen atoms in total. The Morgan fingerprint density at radius 2 is 1.54 bits per heavy atom. The lowest BCUT2D eigenvalue weighted by molar-refractivity contribution is -0.139. The molecule has 0 radical (unpaired) electrons. The van der Waals surface area contributed by atoms with Gasteiger partial charge in [0.05, 0.1) is 18.7 Å². The van der Waals surface area contributed by atoms with Crippen molar-refractivity contribution in [1.82, 2.24) is 9.88 Å². The molecule has 4 aromatic rings. The monoisotopic (exact) mass is 520 g/mol. The van der Waals surface area contributed by atoms with Crippen LogP contribution in [0.15, 0.2) is 109 Å². The van der Waals surface area contributed by atoms with Crippen LogP contribution in [0.2, 0.25) is 0 Å². The Bertz CT molecular complexity index is 1490. The molecule has 39 heavy (non-hydrogen) atoms. The Labute approximate surface area is 227 Å². The summed E-state index contributed by atoms with van der Waals surface area (Å²) in [5.41, 5.74) is 3.11. The second-order valence-electron chi connectivity index (χ2n) is 9.15. The Balaban J connectivity index is 1.53. The van der Waals surface area contributed by atoms with E-state index in [1.54, 1.807) is 30.3 Å². The van der Waals surface area contributed by atoms with E-state index >= 15 is 0 Å². The number of carbonyl (C=O) groups is 2. The molecule has 1 atom stereocenters. The Morgan fingerprint density at radius 1 is 0.872 bits per heavy atom. The minimum Gasteiger partial charge on any atom is -0.507 e. The number of ether oxygens (including phenoxy) is 2. The fourth-order valence-electron chi connectivity index (χ4n) is 4.73. The van der Waals surface area contributed by atoms with Gasteiger partial charge in [-0.05, 0) is 47.4 Å². The molecule has 1 fully saturated rings. The number of methoxy groups -OCH3 is 1. The molecule has 5 rings (SSSR count). The number of nitrogens with zero attached hydrogens (tertiary/aromatic N) is 2. The predicted octanol–water partition coefficient (Wildman–Crippen LogP) is 5.33. The molecule has 7 heteroatoms. The summed E-state index contributed by atoms with van der Waals surface area (Å²) in [6.45, 7) is 0.648. The molecule has 0 bridgehead atoms. The second kappa shape index (κ2) is 11.6. The molecule has 196 valence electrons. The molecule has 1 amide bonds. The molecule has 1 saturated heterocycles. The summed E-state index contributed by atoms with van der Waals surface area (Å²) >= 11 is 0. The van der Waals surface area contributed by atoms with Crippen LogP contribution in [-0.2, 0) is 22.6 Å². The van der Waals surface area contributed by atoms with Crippen molar-refractivity contribution in [2.45, 2.75) is 19.1 Å². The third-order valence-electron chi connectivity index (χ3n) is 6.72. The number of aliphatic hydroxyl groups is 1. The SMILES string of the molecule is COc1cc(C2C(=C(O)c3ccncc3)C(=O)C(=O)N2CCc2ccccc2)ccc1OCc1ccccc1. The Hall–Kier alpha value is -4.91. The lowest BCUT2D eigenvalue weighted by Crippen LogP contribution is -2.31. The number of ketones is 1. The molecule has 1 unspecified atom stereocenters. The van der Waals surface area contributed by atoms with Crippen LogP contribution in [0.1, 0.15) is 28.3 Å². The molecule has 0 aliphatic carbocycles. The summed E-state index contributed by atoms with van der Waals surface area (Å²) in [6.07, 6.45) is 3.60. The summed E-state index contributed by atoms with van der Waals surface area (Å²) in [5.74, 6) is -0.645. The number of pyridine rings is 1. The van der Waals surface area contributed by atoms with Gasteiger partial charge in [-0.25, -0.2) is 0 Å². The van der Waals surface area contributed by atoms with Gasteiger partial charge < -0.3 is 19.5 Å². The highest BCUT2D eigenvalue weighted by Gasteiger charge is 2.46. The first-order valence-electron chi connectivity index (χ1n) is 12.6. The lowest BCUT2D eigenvalue weighted by atomic mass is 9.95. The fraction of sp³-hybridized carbons (Fsp3) is 0.156. The van der Waals surface area contributed by atoms with Gasteiger partial charge in [-0.1, -0.05) is 66.7 Å². The predicted molar refractivity (Wildman–Crippen MR) is 147 cm³/mol. The van der Waals surface area contributed by atoms with Crippen molar-refractivity contribution in [3.8, 4) is 11.5 Å². The standard InChI is InChI=1S/C32H28N2O5/c1-38-27-20-25(12-13-26(27)39-21-23-10-6-3-7-11-23)29-28(30(35)24-14-17-33-18-15-24)31(36)32(37)34(29)19-16-22-8-4-2-5-9-22/h2-15,17-18,20,29,35H,16,19,21H2,1H3. The molecule has 1 aromatic heterocycles. The highest BCUT2D eigenvalue weighted by atomic mass is 16.5. The van der Waals surface area contributed by atoms with Crippen molar-refractivity contribution in [3.63, 3.8) is 0 Å². The molecule has 1 aliphatic rings. The number of hydrogen-bond acceptors (Lipinski definition) is 6. The van der Waals surface area contributed by atoms with Crippen molar-refractivity contribution >= 4 is 17.4 Å². The van der Waals surface area contributed by atoms with E-state index in [0.717, 1.165) is 11.1 Å². The number of likely N-dealkylation sites (tertiary alicyclic amines) is 1. The van der Waals surface area contributed by atoms with E-state index in [1.165, 1.54) is 24.4 Å². The Morgan fingerprint density at radius 3 is 2.21 bits per heavy atom. The van der Waals surface area contributed by atoms with Crippen molar-refractivity contribution < 1.29 is 24.2 Å². The normalized spacial score (nSPS) is 16.3. The highest BCUT2D eigenvalue weighted by molar-refractivity contribution is 6.46. The molecule has 2 heterocycles. The lowest BCUT2D eigenvalue weighted by Gasteiger charge is -2.26. The van der Waals surface area contributed by atoms with Crippen molar-refractivity contribution in [2.24, 2.45) is 0 Å². The molecule has 0 spiro atoms. The minimum atomic E-state index is -0.807. The van der Waals surface area contributed by atoms with E-state index in [9.17, 15) is 14.7 Å². The van der Waals surface area contributed by atoms with Crippen LogP contribution in [0, 0.1) is 0 Å². The number of aliphatic hydroxyl groups excluding tert-OH is 1. The van der Waals surface area contributed by atoms with Crippen molar-refractivity contribution in [2.75, 3.05) is 13.7 Å². The first kappa shape index (κ1) is 25.7. The topological polar surface area (TPSA) is 89.0 Å². The number of hydrogen-bond donors (Lipinski definition) is 1. The third kappa shape index (κ3) is 5.52. The van der Waals surface area contributed by atoms with Gasteiger partial charge in [-0.15, -0.1) is 0 Å². The first-order valence-corrected chi connectivity index (χ1v) is 12.6. The van der Waals surface area contributed by atoms with Gasteiger partial charge in [0.25, 0.3) is 11.7 Å². The molecule has 1 N–H and O–H groups in total. The third-order valence-corrected chi connectivity index (χ3v) is 6.72. The molecule has 0 saturated carbocycles. The number of benzene rings is 3. The molecule has 1 aliphatic heterocycles. The van der Waals surface area contributed by atoms with Crippen molar-refractivity contribution in [1.29, 1.82) is 0 Å². The maximum Gasteiger partial charge on any atom is 0.295 e. The zero-order valence-corrected chi connectivity index (χ0v) is 21.5. The number of carbonyl (C=O) groups excluding carboxylic acids is 2. The molecular weight excluding hydrogens is 492 g/mol. The van der Waals surface area contributed by atoms with E-state index in [-0.39, 0.29) is 11.3 Å². The van der Waals surface area contributed by atoms with Crippen LogP contribution in [0.5, 0.6) is 11.5 Å². The van der Waals surface area contributed by atoms with Gasteiger partial charge in [-0.3, -0.25) is 14.6 Å². The van der Waals surface area contributed by atoms with Gasteiger partial charge in [-0.2, -0.15) is 0 Å². The fourth-order valence-corrected chi connectivity index (χ4v) is 4.73. The highest BCUT2D eigenvalue weighted by Crippen LogP contribution is 2.42. The number of rotatable bonds is 9. The number of Topliss-reactive ketones (excluding diaryl/α,β-unsaturated/α-hetero) is 1. The van der Waals surface area contributed by atoms with Crippen LogP contribution in [0.3, 0.4) is 0 Å². The van der Waals surface area contributed by atoms with E-state index in [1.807, 2.05) is 60.7 Å². The molecule has 3 aromatic carbocycles. The average molecular weight is 521 g/mol. The quantitative estimate of drug-likeness (QED) is 0.182. The van der Waals surface area contributed by atoms with Crippen LogP contribution in [0.25, 0.3) is 5.76 Å². The summed E-state index contributed by atoms with van der Waals surface area (Å²) in [6, 6.07) is 27.2. The summed E-state index contributed by atoms with van der Waals surface area (Å²) in [5, 5.41) is 11.2. The van der Waals surface area contributed by atoms with Crippen molar-refractivity contribution in [3.05, 3.63) is 131 Å². The van der Waals surface area contributed by atoms with E-state index in [2.05, 4.69) is 4.98 Å². The first-order chi connectivity index (χ1) is 19.1.